The van der Waals surface area contributed by atoms with Crippen molar-refractivity contribution in [2.24, 2.45) is 12.0 Å². The van der Waals surface area contributed by atoms with Crippen LogP contribution < -0.4 is 14.3 Å². The molecule has 0 saturated heterocycles. The molecule has 0 spiro atoms. The van der Waals surface area contributed by atoms with Gasteiger partial charge in [-0.3, -0.25) is 9.52 Å². The fourth-order valence-electron chi connectivity index (χ4n) is 3.28. The Labute approximate surface area is 200 Å². The summed E-state index contributed by atoms with van der Waals surface area (Å²) in [5.41, 5.74) is 2.61. The first-order valence-corrected chi connectivity index (χ1v) is 12.5. The molecule has 3 aromatic carbocycles. The van der Waals surface area contributed by atoms with Crippen LogP contribution in [0.1, 0.15) is 15.9 Å². The molecule has 10 heteroatoms. The van der Waals surface area contributed by atoms with Gasteiger partial charge in [0.1, 0.15) is 11.3 Å². The van der Waals surface area contributed by atoms with E-state index in [-0.39, 0.29) is 4.90 Å². The van der Waals surface area contributed by atoms with E-state index >= 15 is 0 Å². The van der Waals surface area contributed by atoms with Crippen molar-refractivity contribution in [2.45, 2.75) is 11.8 Å². The first-order chi connectivity index (χ1) is 15.7. The number of hydrogen-bond acceptors (Lipinski definition) is 5. The van der Waals surface area contributed by atoms with Gasteiger partial charge in [-0.25, -0.2) is 8.42 Å². The predicted octanol–water partition coefficient (Wildman–Crippen LogP) is 4.75. The number of nitrogens with one attached hydrogen (secondary N) is 1. The van der Waals surface area contributed by atoms with Crippen molar-refractivity contribution >= 4 is 54.8 Å². The van der Waals surface area contributed by atoms with Crippen molar-refractivity contribution in [3.63, 3.8) is 0 Å². The average molecular weight is 502 g/mol. The summed E-state index contributed by atoms with van der Waals surface area (Å²) in [4.78, 5) is 17.7. The molecule has 0 bridgehead atoms. The first-order valence-electron chi connectivity index (χ1n) is 9.80. The first kappa shape index (κ1) is 23.0. The molecule has 170 valence electrons. The summed E-state index contributed by atoms with van der Waals surface area (Å²) in [5.74, 6) is 0.279. The van der Waals surface area contributed by atoms with Crippen LogP contribution in [-0.4, -0.2) is 26.0 Å². The number of ether oxygens (including phenoxy) is 1. The number of aryl methyl sites for hydroxylation is 2. The van der Waals surface area contributed by atoms with Crippen molar-refractivity contribution in [1.29, 1.82) is 0 Å². The predicted molar refractivity (Wildman–Crippen MR) is 131 cm³/mol. The Balaban J connectivity index is 1.60. The number of rotatable bonds is 5. The number of methoxy groups -OCH3 is 1. The van der Waals surface area contributed by atoms with Crippen molar-refractivity contribution in [1.82, 2.24) is 4.57 Å². The molecule has 1 heterocycles. The SMILES string of the molecule is COc1ccc(C)c2sc(=NC(=O)c3ccc(NS(=O)(=O)c4ccc(Cl)cc4)cc3)n(C)c12. The largest absolute Gasteiger partial charge is 0.495 e. The highest BCUT2D eigenvalue weighted by Gasteiger charge is 2.15. The number of hydrogen-bond donors (Lipinski definition) is 1. The minimum atomic E-state index is -3.77. The molecule has 0 radical (unpaired) electrons. The van der Waals surface area contributed by atoms with E-state index in [1.807, 2.05) is 30.7 Å². The molecule has 0 aliphatic heterocycles. The van der Waals surface area contributed by atoms with Gasteiger partial charge in [0.05, 0.1) is 16.7 Å². The summed E-state index contributed by atoms with van der Waals surface area (Å²) >= 11 is 7.23. The molecule has 0 fully saturated rings. The molecule has 1 N–H and O–H groups in total. The monoisotopic (exact) mass is 501 g/mol. The van der Waals surface area contributed by atoms with Gasteiger partial charge in [0, 0.05) is 23.3 Å². The van der Waals surface area contributed by atoms with E-state index in [9.17, 15) is 13.2 Å². The summed E-state index contributed by atoms with van der Waals surface area (Å²) < 4.78 is 35.8. The van der Waals surface area contributed by atoms with Gasteiger partial charge < -0.3 is 9.30 Å². The summed E-state index contributed by atoms with van der Waals surface area (Å²) in [6.07, 6.45) is 0. The van der Waals surface area contributed by atoms with Gasteiger partial charge >= 0.3 is 0 Å². The molecule has 33 heavy (non-hydrogen) atoms. The Bertz CT molecular complexity index is 1520. The third kappa shape index (κ3) is 4.66. The molecule has 4 aromatic rings. The maximum absolute atomic E-state index is 12.8. The number of halogens is 1. The van der Waals surface area contributed by atoms with Crippen molar-refractivity contribution < 1.29 is 17.9 Å². The van der Waals surface area contributed by atoms with E-state index < -0.39 is 15.9 Å². The van der Waals surface area contributed by atoms with Crippen LogP contribution >= 0.6 is 22.9 Å². The molecule has 1 aromatic heterocycles. The summed E-state index contributed by atoms with van der Waals surface area (Å²) in [5, 5.41) is 0.446. The maximum atomic E-state index is 12.8. The highest BCUT2D eigenvalue weighted by molar-refractivity contribution is 7.92. The Morgan fingerprint density at radius 2 is 1.73 bits per heavy atom. The topological polar surface area (TPSA) is 89.8 Å². The van der Waals surface area contributed by atoms with Gasteiger partial charge in [0.25, 0.3) is 15.9 Å². The third-order valence-electron chi connectivity index (χ3n) is 5.03. The lowest BCUT2D eigenvalue weighted by Crippen LogP contribution is -2.14. The Morgan fingerprint density at radius 1 is 1.06 bits per heavy atom. The fraction of sp³-hybridized carbons (Fsp3) is 0.130. The molecule has 0 aliphatic rings. The van der Waals surface area contributed by atoms with Gasteiger partial charge in [-0.1, -0.05) is 29.0 Å². The van der Waals surface area contributed by atoms with Crippen LogP contribution in [0.15, 0.2) is 70.6 Å². The van der Waals surface area contributed by atoms with E-state index in [0.717, 1.165) is 15.8 Å². The quantitative estimate of drug-likeness (QED) is 0.427. The third-order valence-corrected chi connectivity index (χ3v) is 7.95. The van der Waals surface area contributed by atoms with E-state index in [4.69, 9.17) is 16.3 Å². The average Bonchev–Trinajstić information content (AvgIpc) is 3.12. The van der Waals surface area contributed by atoms with Crippen LogP contribution in [0.25, 0.3) is 10.2 Å². The molecule has 7 nitrogen and oxygen atoms in total. The number of carbonyl (C=O) groups excluding carboxylic acids is 1. The number of carbonyl (C=O) groups is 1. The smallest absolute Gasteiger partial charge is 0.279 e. The number of amides is 1. The van der Waals surface area contributed by atoms with E-state index in [1.165, 1.54) is 59.9 Å². The number of fused-ring (bicyclic) bond motifs is 1. The van der Waals surface area contributed by atoms with E-state index in [2.05, 4.69) is 9.71 Å². The normalized spacial score (nSPS) is 12.2. The van der Waals surface area contributed by atoms with Crippen molar-refractivity contribution in [3.8, 4) is 5.75 Å². The zero-order chi connectivity index (χ0) is 23.8. The highest BCUT2D eigenvalue weighted by atomic mass is 35.5. The minimum Gasteiger partial charge on any atom is -0.495 e. The minimum absolute atomic E-state index is 0.0880. The number of thiazole rings is 1. The molecular weight excluding hydrogens is 482 g/mol. The number of benzene rings is 3. The highest BCUT2D eigenvalue weighted by Crippen LogP contribution is 2.29. The lowest BCUT2D eigenvalue weighted by atomic mass is 10.2. The van der Waals surface area contributed by atoms with Crippen LogP contribution in [0, 0.1) is 6.92 Å². The molecule has 4 rings (SSSR count). The van der Waals surface area contributed by atoms with Gasteiger partial charge in [-0.05, 0) is 67.1 Å². The molecule has 1 amide bonds. The van der Waals surface area contributed by atoms with E-state index in [0.29, 0.717) is 26.8 Å². The molecule has 0 unspecified atom stereocenters. The molecule has 0 aliphatic carbocycles. The Morgan fingerprint density at radius 3 is 2.36 bits per heavy atom. The van der Waals surface area contributed by atoms with Gasteiger partial charge in [-0.2, -0.15) is 4.99 Å². The van der Waals surface area contributed by atoms with Gasteiger partial charge in [-0.15, -0.1) is 0 Å². The summed E-state index contributed by atoms with van der Waals surface area (Å²) in [6, 6.07) is 15.8. The summed E-state index contributed by atoms with van der Waals surface area (Å²) in [6.45, 7) is 1.99. The Hall–Kier alpha value is -3.14. The zero-order valence-electron chi connectivity index (χ0n) is 18.0. The lowest BCUT2D eigenvalue weighted by molar-refractivity contribution is 0.0998. The number of sulfonamides is 1. The lowest BCUT2D eigenvalue weighted by Gasteiger charge is -2.08. The van der Waals surface area contributed by atoms with Crippen LogP contribution in [0.5, 0.6) is 5.75 Å². The van der Waals surface area contributed by atoms with Crippen LogP contribution in [-0.2, 0) is 17.1 Å². The molecular formula is C23H20ClN3O4S2. The van der Waals surface area contributed by atoms with Crippen LogP contribution in [0.2, 0.25) is 5.02 Å². The maximum Gasteiger partial charge on any atom is 0.279 e. The second-order valence-electron chi connectivity index (χ2n) is 7.26. The van der Waals surface area contributed by atoms with E-state index in [1.54, 1.807) is 7.11 Å². The van der Waals surface area contributed by atoms with Crippen molar-refractivity contribution in [2.75, 3.05) is 11.8 Å². The van der Waals surface area contributed by atoms with Crippen LogP contribution in [0.3, 0.4) is 0 Å². The molecule has 0 saturated carbocycles. The summed E-state index contributed by atoms with van der Waals surface area (Å²) in [7, 11) is -0.335. The number of anilines is 1. The van der Waals surface area contributed by atoms with Gasteiger partial charge in [0.15, 0.2) is 4.80 Å². The Kier molecular flexibility index (Phi) is 6.29. The number of nitrogens with zero attached hydrogens (tertiary/aromatic N) is 2. The fourth-order valence-corrected chi connectivity index (χ4v) is 5.57. The number of aromatic nitrogens is 1. The standard InChI is InChI=1S/C23H20ClN3O4S2/c1-14-4-13-19(31-3)20-21(14)32-23(27(20)2)25-22(28)15-5-9-17(10-6-15)26-33(29,30)18-11-7-16(24)8-12-18/h4-13,26H,1-3H3. The van der Waals surface area contributed by atoms with Gasteiger partial charge in [0.2, 0.25) is 0 Å². The van der Waals surface area contributed by atoms with Crippen molar-refractivity contribution in [3.05, 3.63) is 81.6 Å². The second-order valence-corrected chi connectivity index (χ2v) is 10.4. The van der Waals surface area contributed by atoms with Crippen LogP contribution in [0.4, 0.5) is 5.69 Å². The second kappa shape index (κ2) is 9.01. The molecule has 0 atom stereocenters. The zero-order valence-corrected chi connectivity index (χ0v) is 20.4.